The van der Waals surface area contributed by atoms with Gasteiger partial charge in [-0.15, -0.1) is 0 Å². The lowest BCUT2D eigenvalue weighted by Gasteiger charge is -2.19. The summed E-state index contributed by atoms with van der Waals surface area (Å²) in [6.45, 7) is 9.39. The predicted octanol–water partition coefficient (Wildman–Crippen LogP) is -0.191. The monoisotopic (exact) mass is 232 g/mol. The summed E-state index contributed by atoms with van der Waals surface area (Å²) >= 11 is 0. The highest BCUT2D eigenvalue weighted by molar-refractivity contribution is 7.92. The first-order valence-electron chi connectivity index (χ1n) is 5.67. The number of hydrogen-bond donors (Lipinski definition) is 0. The highest BCUT2D eigenvalue weighted by Gasteiger charge is 2.34. The van der Waals surface area contributed by atoms with E-state index >= 15 is 0 Å². The second kappa shape index (κ2) is 4.03. The van der Waals surface area contributed by atoms with Crippen LogP contribution in [0.5, 0.6) is 0 Å². The van der Waals surface area contributed by atoms with E-state index in [0.717, 1.165) is 26.2 Å². The van der Waals surface area contributed by atoms with Crippen LogP contribution in [0.1, 0.15) is 13.8 Å². The van der Waals surface area contributed by atoms with E-state index in [1.807, 2.05) is 13.8 Å². The van der Waals surface area contributed by atoms with Gasteiger partial charge in [0, 0.05) is 39.3 Å². The van der Waals surface area contributed by atoms with Crippen molar-refractivity contribution in [3.05, 3.63) is 0 Å². The van der Waals surface area contributed by atoms with Gasteiger partial charge in [0.2, 0.25) is 0 Å². The van der Waals surface area contributed by atoms with E-state index in [1.165, 1.54) is 0 Å². The molecule has 2 saturated heterocycles. The van der Waals surface area contributed by atoms with E-state index in [4.69, 9.17) is 0 Å². The Morgan fingerprint density at radius 1 is 0.933 bits per heavy atom. The largest absolute Gasteiger partial charge is 0.300 e. The molecule has 0 spiro atoms. The average molecular weight is 232 g/mol. The molecule has 2 fully saturated rings. The Morgan fingerprint density at radius 3 is 1.53 bits per heavy atom. The van der Waals surface area contributed by atoms with Gasteiger partial charge in [0.25, 0.3) is 0 Å². The summed E-state index contributed by atoms with van der Waals surface area (Å²) in [7, 11) is -2.93. The second-order valence-corrected chi connectivity index (χ2v) is 7.60. The number of nitrogens with zero attached hydrogens (tertiary/aromatic N) is 2. The number of hydrogen-bond acceptors (Lipinski definition) is 4. The van der Waals surface area contributed by atoms with Crippen LogP contribution >= 0.6 is 0 Å². The van der Waals surface area contributed by atoms with Crippen molar-refractivity contribution in [1.82, 2.24) is 9.80 Å². The van der Waals surface area contributed by atoms with E-state index in [-0.39, 0.29) is 10.5 Å². The van der Waals surface area contributed by atoms with Gasteiger partial charge in [-0.1, -0.05) is 0 Å². The van der Waals surface area contributed by atoms with Gasteiger partial charge < -0.3 is 0 Å². The molecule has 0 aromatic carbocycles. The molecule has 0 aromatic heterocycles. The van der Waals surface area contributed by atoms with Crippen molar-refractivity contribution in [2.75, 3.05) is 39.3 Å². The van der Waals surface area contributed by atoms with Crippen LogP contribution in [0.25, 0.3) is 0 Å². The predicted molar refractivity (Wildman–Crippen MR) is 60.7 cm³/mol. The lowest BCUT2D eigenvalue weighted by molar-refractivity contribution is 0.497. The topological polar surface area (TPSA) is 40.2 Å². The van der Waals surface area contributed by atoms with E-state index in [0.29, 0.717) is 13.1 Å². The van der Waals surface area contributed by atoms with Gasteiger partial charge in [-0.2, -0.15) is 0 Å². The highest BCUT2D eigenvalue weighted by Crippen LogP contribution is 2.17. The third-order valence-corrected chi connectivity index (χ3v) is 5.77. The van der Waals surface area contributed by atoms with Crippen molar-refractivity contribution in [2.24, 2.45) is 0 Å². The molecular weight excluding hydrogens is 212 g/mol. The normalized spacial score (nSPS) is 26.3. The molecule has 2 aliphatic heterocycles. The van der Waals surface area contributed by atoms with Crippen molar-refractivity contribution in [3.8, 4) is 0 Å². The van der Waals surface area contributed by atoms with Gasteiger partial charge >= 0.3 is 0 Å². The first-order valence-corrected chi connectivity index (χ1v) is 7.28. The maximum atomic E-state index is 12.1. The van der Waals surface area contributed by atoms with Crippen LogP contribution in [0, 0.1) is 0 Å². The molecule has 0 bridgehead atoms. The number of sulfone groups is 1. The summed E-state index contributed by atoms with van der Waals surface area (Å²) in [6.07, 6.45) is 0. The van der Waals surface area contributed by atoms with Gasteiger partial charge in [0.05, 0.1) is 10.5 Å². The van der Waals surface area contributed by atoms with Crippen molar-refractivity contribution in [1.29, 1.82) is 0 Å². The van der Waals surface area contributed by atoms with E-state index in [2.05, 4.69) is 9.80 Å². The van der Waals surface area contributed by atoms with Crippen LogP contribution in [-0.2, 0) is 9.84 Å². The minimum absolute atomic E-state index is 0.213. The van der Waals surface area contributed by atoms with Gasteiger partial charge in [0.15, 0.2) is 9.84 Å². The van der Waals surface area contributed by atoms with E-state index < -0.39 is 9.84 Å². The highest BCUT2D eigenvalue weighted by atomic mass is 32.2. The fourth-order valence-corrected chi connectivity index (χ4v) is 3.47. The quantitative estimate of drug-likeness (QED) is 0.595. The lowest BCUT2D eigenvalue weighted by Crippen LogP contribution is -2.36. The molecule has 2 atom stereocenters. The average Bonchev–Trinajstić information content (AvgIpc) is 2.97. The minimum Gasteiger partial charge on any atom is -0.300 e. The molecule has 15 heavy (non-hydrogen) atoms. The van der Waals surface area contributed by atoms with Gasteiger partial charge in [-0.3, -0.25) is 9.80 Å². The molecule has 2 unspecified atom stereocenters. The SMILES string of the molecule is CC(CN1CC1)S(=O)(=O)C(C)CN1CC1. The molecule has 0 amide bonds. The van der Waals surface area contributed by atoms with Crippen molar-refractivity contribution in [2.45, 2.75) is 24.3 Å². The Kier molecular flexibility index (Phi) is 3.05. The summed E-state index contributed by atoms with van der Waals surface area (Å²) in [5.74, 6) is 0. The van der Waals surface area contributed by atoms with Crippen LogP contribution in [0.3, 0.4) is 0 Å². The zero-order valence-corrected chi connectivity index (χ0v) is 10.3. The third kappa shape index (κ3) is 2.92. The zero-order valence-electron chi connectivity index (χ0n) is 9.52. The molecule has 0 saturated carbocycles. The summed E-state index contributed by atoms with van der Waals surface area (Å²) in [6, 6.07) is 0. The molecule has 2 rings (SSSR count). The molecular formula is C10H20N2O2S. The molecule has 2 heterocycles. The van der Waals surface area contributed by atoms with Crippen LogP contribution < -0.4 is 0 Å². The van der Waals surface area contributed by atoms with Gasteiger partial charge in [-0.05, 0) is 13.8 Å². The Bertz CT molecular complexity index is 294. The Balaban J connectivity index is 1.89. The molecule has 0 aliphatic carbocycles. The van der Waals surface area contributed by atoms with Crippen LogP contribution in [-0.4, -0.2) is 68.0 Å². The molecule has 4 nitrogen and oxygen atoms in total. The maximum Gasteiger partial charge on any atom is 0.157 e. The molecule has 0 radical (unpaired) electrons. The summed E-state index contributed by atoms with van der Waals surface area (Å²) < 4.78 is 24.2. The van der Waals surface area contributed by atoms with E-state index in [1.54, 1.807) is 0 Å². The molecule has 2 aliphatic rings. The summed E-state index contributed by atoms with van der Waals surface area (Å²) in [5.41, 5.74) is 0. The Labute approximate surface area is 92.2 Å². The van der Waals surface area contributed by atoms with Gasteiger partial charge in [0.1, 0.15) is 0 Å². The van der Waals surface area contributed by atoms with Crippen molar-refractivity contribution in [3.63, 3.8) is 0 Å². The Hall–Kier alpha value is -0.130. The minimum atomic E-state index is -2.93. The maximum absolute atomic E-state index is 12.1. The Morgan fingerprint density at radius 2 is 1.27 bits per heavy atom. The van der Waals surface area contributed by atoms with Crippen molar-refractivity contribution >= 4 is 9.84 Å². The smallest absolute Gasteiger partial charge is 0.157 e. The third-order valence-electron chi connectivity index (χ3n) is 3.23. The molecule has 88 valence electrons. The first-order chi connectivity index (χ1) is 7.00. The van der Waals surface area contributed by atoms with Crippen LogP contribution in [0.4, 0.5) is 0 Å². The van der Waals surface area contributed by atoms with Gasteiger partial charge in [-0.25, -0.2) is 8.42 Å². The van der Waals surface area contributed by atoms with E-state index in [9.17, 15) is 8.42 Å². The zero-order chi connectivity index (χ0) is 11.1. The number of rotatable bonds is 6. The fourth-order valence-electron chi connectivity index (χ4n) is 1.84. The molecule has 0 N–H and O–H groups in total. The summed E-state index contributed by atoms with van der Waals surface area (Å²) in [5, 5.41) is -0.426. The van der Waals surface area contributed by atoms with Crippen LogP contribution in [0.2, 0.25) is 0 Å². The first kappa shape index (κ1) is 11.4. The standard InChI is InChI=1S/C10H20N2O2S/c1-9(7-11-3-4-11)15(13,14)10(2)8-12-5-6-12/h9-10H,3-8H2,1-2H3. The summed E-state index contributed by atoms with van der Waals surface area (Å²) in [4.78, 5) is 4.35. The molecule has 5 heteroatoms. The second-order valence-electron chi connectivity index (χ2n) is 4.81. The fraction of sp³-hybridized carbons (Fsp3) is 1.00. The van der Waals surface area contributed by atoms with Crippen molar-refractivity contribution < 1.29 is 8.42 Å². The molecule has 0 aromatic rings. The lowest BCUT2D eigenvalue weighted by atomic mass is 10.4. The van der Waals surface area contributed by atoms with Crippen LogP contribution in [0.15, 0.2) is 0 Å².